The van der Waals surface area contributed by atoms with Crippen LogP contribution in [0.4, 0.5) is 11.5 Å². The molecule has 0 fully saturated rings. The van der Waals surface area contributed by atoms with Gasteiger partial charge in [-0.1, -0.05) is 6.92 Å². The number of hydrogen-bond donors (Lipinski definition) is 1. The molecule has 1 N–H and O–H groups in total. The van der Waals surface area contributed by atoms with Crippen molar-refractivity contribution >= 4 is 32.9 Å². The Morgan fingerprint density at radius 3 is 2.81 bits per heavy atom. The van der Waals surface area contributed by atoms with Gasteiger partial charge in [-0.05, 0) is 31.0 Å². The van der Waals surface area contributed by atoms with E-state index in [0.29, 0.717) is 11.6 Å². The first kappa shape index (κ1) is 13.7. The number of phenolic OH excluding ortho intramolecular Hbond substituents is 1. The maximum Gasteiger partial charge on any atom is 0.215 e. The number of azo groups is 1. The number of aromatic hydroxyl groups is 1. The summed E-state index contributed by atoms with van der Waals surface area (Å²) in [6.45, 7) is 4.04. The second-order valence-electron chi connectivity index (χ2n) is 4.75. The molecule has 0 aliphatic rings. The third-order valence-corrected chi connectivity index (χ3v) is 4.24. The molecule has 3 aromatic rings. The Bertz CT molecular complexity index is 833. The first-order valence-electron chi connectivity index (χ1n) is 6.61. The molecule has 3 rings (SSSR count). The highest BCUT2D eigenvalue weighted by Gasteiger charge is 2.13. The molecule has 0 amide bonds. The van der Waals surface area contributed by atoms with Crippen molar-refractivity contribution in [3.63, 3.8) is 0 Å². The molecule has 0 atom stereocenters. The van der Waals surface area contributed by atoms with Crippen LogP contribution in [0.15, 0.2) is 28.6 Å². The summed E-state index contributed by atoms with van der Waals surface area (Å²) in [5.41, 5.74) is 1.77. The molecule has 0 spiro atoms. The van der Waals surface area contributed by atoms with Gasteiger partial charge in [-0.15, -0.1) is 26.7 Å². The molecule has 0 unspecified atom stereocenters. The lowest BCUT2D eigenvalue weighted by atomic mass is 10.1. The fourth-order valence-electron chi connectivity index (χ4n) is 2.20. The van der Waals surface area contributed by atoms with E-state index in [1.165, 1.54) is 4.80 Å². The van der Waals surface area contributed by atoms with E-state index in [-0.39, 0.29) is 0 Å². The minimum Gasteiger partial charge on any atom is -0.507 e. The van der Waals surface area contributed by atoms with Crippen molar-refractivity contribution in [2.75, 3.05) is 0 Å². The van der Waals surface area contributed by atoms with Crippen molar-refractivity contribution < 1.29 is 5.11 Å². The molecule has 21 heavy (non-hydrogen) atoms. The van der Waals surface area contributed by atoms with E-state index in [1.807, 2.05) is 19.9 Å². The first-order valence-corrected chi connectivity index (χ1v) is 7.43. The SMILES string of the molecule is CCc1cc(O)c2cc(C)sc2c1N=Nc1cnn(C)n1. The third-order valence-electron chi connectivity index (χ3n) is 3.18. The fourth-order valence-corrected chi connectivity index (χ4v) is 3.24. The van der Waals surface area contributed by atoms with Gasteiger partial charge >= 0.3 is 0 Å². The molecule has 0 aliphatic carbocycles. The lowest BCUT2D eigenvalue weighted by Gasteiger charge is -2.05. The summed E-state index contributed by atoms with van der Waals surface area (Å²) in [5.74, 6) is 0.763. The van der Waals surface area contributed by atoms with Crippen molar-refractivity contribution in [3.8, 4) is 5.75 Å². The van der Waals surface area contributed by atoms with Crippen molar-refractivity contribution in [1.82, 2.24) is 15.0 Å². The largest absolute Gasteiger partial charge is 0.507 e. The molecular weight excluding hydrogens is 286 g/mol. The van der Waals surface area contributed by atoms with Crippen LogP contribution in [0.25, 0.3) is 10.1 Å². The monoisotopic (exact) mass is 301 g/mol. The lowest BCUT2D eigenvalue weighted by molar-refractivity contribution is 0.481. The highest BCUT2D eigenvalue weighted by Crippen LogP contribution is 2.42. The van der Waals surface area contributed by atoms with Crippen molar-refractivity contribution in [3.05, 3.63) is 28.8 Å². The van der Waals surface area contributed by atoms with Gasteiger partial charge in [-0.3, -0.25) is 0 Å². The predicted octanol–water partition coefficient (Wildman–Crippen LogP) is 4.02. The van der Waals surface area contributed by atoms with E-state index in [1.54, 1.807) is 30.6 Å². The summed E-state index contributed by atoms with van der Waals surface area (Å²) >= 11 is 1.61. The number of hydrogen-bond acceptors (Lipinski definition) is 6. The van der Waals surface area contributed by atoms with E-state index in [0.717, 1.165) is 32.6 Å². The van der Waals surface area contributed by atoms with Gasteiger partial charge in [0.1, 0.15) is 11.4 Å². The van der Waals surface area contributed by atoms with E-state index in [4.69, 9.17) is 0 Å². The van der Waals surface area contributed by atoms with Crippen LogP contribution in [-0.4, -0.2) is 20.1 Å². The average molecular weight is 301 g/mol. The van der Waals surface area contributed by atoms with Crippen LogP contribution in [0.5, 0.6) is 5.75 Å². The zero-order valence-electron chi connectivity index (χ0n) is 12.0. The number of fused-ring (bicyclic) bond motifs is 1. The second-order valence-corrected chi connectivity index (χ2v) is 6.01. The van der Waals surface area contributed by atoms with Gasteiger partial charge in [-0.25, -0.2) is 0 Å². The highest BCUT2D eigenvalue weighted by molar-refractivity contribution is 7.19. The number of thiophene rings is 1. The molecular formula is C14H15N5OS. The second kappa shape index (κ2) is 5.25. The normalized spacial score (nSPS) is 11.8. The Hall–Kier alpha value is -2.28. The van der Waals surface area contributed by atoms with Crippen LogP contribution in [0.2, 0.25) is 0 Å². The number of rotatable bonds is 3. The van der Waals surface area contributed by atoms with Crippen LogP contribution in [-0.2, 0) is 13.5 Å². The maximum absolute atomic E-state index is 10.1. The van der Waals surface area contributed by atoms with Gasteiger partial charge in [0.25, 0.3) is 0 Å². The van der Waals surface area contributed by atoms with E-state index >= 15 is 0 Å². The summed E-state index contributed by atoms with van der Waals surface area (Å²) in [5, 5.41) is 27.5. The van der Waals surface area contributed by atoms with Crippen molar-refractivity contribution in [1.29, 1.82) is 0 Å². The zero-order chi connectivity index (χ0) is 15.0. The molecule has 0 radical (unpaired) electrons. The van der Waals surface area contributed by atoms with Crippen LogP contribution >= 0.6 is 11.3 Å². The minimum absolute atomic E-state index is 0.296. The zero-order valence-corrected chi connectivity index (χ0v) is 12.8. The molecule has 0 saturated carbocycles. The number of benzene rings is 1. The Morgan fingerprint density at radius 2 is 2.14 bits per heavy atom. The summed E-state index contributed by atoms with van der Waals surface area (Å²) in [7, 11) is 1.73. The number of nitrogens with zero attached hydrogens (tertiary/aromatic N) is 5. The van der Waals surface area contributed by atoms with Gasteiger partial charge in [0.05, 0.1) is 10.9 Å². The Balaban J connectivity index is 2.15. The molecule has 7 heteroatoms. The van der Waals surface area contributed by atoms with E-state index in [9.17, 15) is 5.11 Å². The Labute approximate surface area is 125 Å². The summed E-state index contributed by atoms with van der Waals surface area (Å²) in [4.78, 5) is 2.57. The van der Waals surface area contributed by atoms with Crippen LogP contribution < -0.4 is 0 Å². The molecule has 2 heterocycles. The summed E-state index contributed by atoms with van der Waals surface area (Å²) < 4.78 is 0.956. The third kappa shape index (κ3) is 2.52. The van der Waals surface area contributed by atoms with Gasteiger partial charge in [0, 0.05) is 17.3 Å². The summed E-state index contributed by atoms with van der Waals surface area (Å²) in [6, 6.07) is 3.73. The molecule has 108 valence electrons. The Kier molecular flexibility index (Phi) is 3.42. The molecule has 0 aliphatic heterocycles. The average Bonchev–Trinajstić information content (AvgIpc) is 3.03. The number of aryl methyl sites for hydroxylation is 3. The molecule has 0 bridgehead atoms. The van der Waals surface area contributed by atoms with Crippen LogP contribution in [0.3, 0.4) is 0 Å². The number of phenols is 1. The van der Waals surface area contributed by atoms with E-state index in [2.05, 4.69) is 20.4 Å². The van der Waals surface area contributed by atoms with Gasteiger partial charge < -0.3 is 5.11 Å². The maximum atomic E-state index is 10.1. The quantitative estimate of drug-likeness (QED) is 0.742. The van der Waals surface area contributed by atoms with Gasteiger partial charge in [-0.2, -0.15) is 9.90 Å². The standard InChI is InChI=1S/C14H15N5OS/c1-4-9-6-11(20)10-5-8(2)21-14(10)13(9)17-16-12-7-15-19(3)18-12/h5-7,20H,4H2,1-3H3. The topological polar surface area (TPSA) is 75.7 Å². The summed E-state index contributed by atoms with van der Waals surface area (Å²) in [6.07, 6.45) is 2.33. The smallest absolute Gasteiger partial charge is 0.215 e. The van der Waals surface area contributed by atoms with Crippen LogP contribution in [0.1, 0.15) is 17.4 Å². The Morgan fingerprint density at radius 1 is 1.33 bits per heavy atom. The molecule has 0 saturated heterocycles. The van der Waals surface area contributed by atoms with Crippen LogP contribution in [0, 0.1) is 6.92 Å². The van der Waals surface area contributed by atoms with Gasteiger partial charge in [0.15, 0.2) is 0 Å². The van der Waals surface area contributed by atoms with E-state index < -0.39 is 0 Å². The van der Waals surface area contributed by atoms with Crippen molar-refractivity contribution in [2.24, 2.45) is 17.3 Å². The first-order chi connectivity index (χ1) is 10.1. The predicted molar refractivity (Wildman–Crippen MR) is 82.8 cm³/mol. The fraction of sp³-hybridized carbons (Fsp3) is 0.286. The molecule has 2 aromatic heterocycles. The molecule has 6 nitrogen and oxygen atoms in total. The molecule has 1 aromatic carbocycles. The highest BCUT2D eigenvalue weighted by atomic mass is 32.1. The van der Waals surface area contributed by atoms with Crippen molar-refractivity contribution in [2.45, 2.75) is 20.3 Å². The minimum atomic E-state index is 0.296. The lowest BCUT2D eigenvalue weighted by Crippen LogP contribution is -1.90. The van der Waals surface area contributed by atoms with Gasteiger partial charge in [0.2, 0.25) is 5.82 Å². The number of aromatic nitrogens is 3.